The molecule has 4 rings (SSSR count). The number of carbonyl (C=O) groups is 1. The van der Waals surface area contributed by atoms with Crippen molar-refractivity contribution in [3.05, 3.63) is 52.8 Å². The first-order valence-electron chi connectivity index (χ1n) is 9.20. The molecule has 0 saturated heterocycles. The van der Waals surface area contributed by atoms with E-state index >= 15 is 0 Å². The number of aromatic nitrogens is 2. The Bertz CT molecular complexity index is 735. The monoisotopic (exact) mass is 339 g/mol. The molecule has 1 aromatic heterocycles. The SMILES string of the molecule is COC(C(=O)N1CCc2[nH]nc(C3CCCC3)c2C1)c1ccccc1. The lowest BCUT2D eigenvalue weighted by Gasteiger charge is -2.30. The summed E-state index contributed by atoms with van der Waals surface area (Å²) in [6.45, 7) is 1.36. The lowest BCUT2D eigenvalue weighted by atomic mass is 9.95. The van der Waals surface area contributed by atoms with Crippen LogP contribution in [0.15, 0.2) is 30.3 Å². The zero-order valence-corrected chi connectivity index (χ0v) is 14.7. The number of aromatic amines is 1. The van der Waals surface area contributed by atoms with E-state index in [1.807, 2.05) is 35.2 Å². The number of hydrogen-bond acceptors (Lipinski definition) is 3. The highest BCUT2D eigenvalue weighted by Crippen LogP contribution is 2.37. The molecule has 132 valence electrons. The minimum absolute atomic E-state index is 0.0397. The highest BCUT2D eigenvalue weighted by molar-refractivity contribution is 5.82. The lowest BCUT2D eigenvalue weighted by molar-refractivity contribution is -0.143. The van der Waals surface area contributed by atoms with E-state index in [9.17, 15) is 4.79 Å². The number of rotatable bonds is 4. The third kappa shape index (κ3) is 3.09. The highest BCUT2D eigenvalue weighted by Gasteiger charge is 2.32. The van der Waals surface area contributed by atoms with Crippen LogP contribution in [0.5, 0.6) is 0 Å². The number of amides is 1. The Balaban J connectivity index is 1.55. The number of nitrogens with one attached hydrogen (secondary N) is 1. The van der Waals surface area contributed by atoms with Crippen molar-refractivity contribution in [3.63, 3.8) is 0 Å². The topological polar surface area (TPSA) is 58.2 Å². The van der Waals surface area contributed by atoms with Crippen molar-refractivity contribution >= 4 is 5.91 Å². The zero-order chi connectivity index (χ0) is 17.2. The Morgan fingerprint density at radius 3 is 2.76 bits per heavy atom. The molecule has 25 heavy (non-hydrogen) atoms. The smallest absolute Gasteiger partial charge is 0.256 e. The van der Waals surface area contributed by atoms with Crippen molar-refractivity contribution in [1.82, 2.24) is 15.1 Å². The van der Waals surface area contributed by atoms with Gasteiger partial charge in [0.1, 0.15) is 0 Å². The van der Waals surface area contributed by atoms with Gasteiger partial charge in [0, 0.05) is 43.8 Å². The molecular weight excluding hydrogens is 314 g/mol. The molecule has 5 nitrogen and oxygen atoms in total. The average Bonchev–Trinajstić information content (AvgIpc) is 3.32. The van der Waals surface area contributed by atoms with E-state index in [2.05, 4.69) is 10.2 Å². The van der Waals surface area contributed by atoms with Crippen LogP contribution in [0.3, 0.4) is 0 Å². The van der Waals surface area contributed by atoms with Crippen molar-refractivity contribution in [2.45, 2.75) is 50.7 Å². The molecule has 1 saturated carbocycles. The quantitative estimate of drug-likeness (QED) is 0.929. The second-order valence-electron chi connectivity index (χ2n) is 7.08. The first kappa shape index (κ1) is 16.3. The molecule has 2 aromatic rings. The summed E-state index contributed by atoms with van der Waals surface area (Å²) < 4.78 is 5.54. The number of methoxy groups -OCH3 is 1. The third-order valence-electron chi connectivity index (χ3n) is 5.58. The summed E-state index contributed by atoms with van der Waals surface area (Å²) in [5, 5.41) is 7.82. The summed E-state index contributed by atoms with van der Waals surface area (Å²) in [6.07, 6.45) is 5.31. The van der Waals surface area contributed by atoms with E-state index in [0.717, 1.165) is 12.0 Å². The normalized spacial score (nSPS) is 19.0. The number of carbonyl (C=O) groups excluding carboxylic acids is 1. The fourth-order valence-corrected chi connectivity index (χ4v) is 4.22. The van der Waals surface area contributed by atoms with Crippen LogP contribution in [0.2, 0.25) is 0 Å². The molecule has 0 spiro atoms. The number of nitrogens with zero attached hydrogens (tertiary/aromatic N) is 2. The summed E-state index contributed by atoms with van der Waals surface area (Å²) in [6, 6.07) is 9.73. The second-order valence-corrected chi connectivity index (χ2v) is 7.08. The number of benzene rings is 1. The van der Waals surface area contributed by atoms with Crippen LogP contribution >= 0.6 is 0 Å². The van der Waals surface area contributed by atoms with Gasteiger partial charge in [-0.2, -0.15) is 5.10 Å². The van der Waals surface area contributed by atoms with E-state index in [-0.39, 0.29) is 5.91 Å². The fourth-order valence-electron chi connectivity index (χ4n) is 4.22. The highest BCUT2D eigenvalue weighted by atomic mass is 16.5. The standard InChI is InChI=1S/C20H25N3O2/c1-25-19(15-9-3-2-4-10-15)20(24)23-12-11-17-16(13-23)18(22-21-17)14-7-5-6-8-14/h2-4,9-10,14,19H,5-8,11-13H2,1H3,(H,21,22). The molecule has 1 aliphatic carbocycles. The number of fused-ring (bicyclic) bond motifs is 1. The average molecular weight is 339 g/mol. The van der Waals surface area contributed by atoms with Gasteiger partial charge in [0.15, 0.2) is 6.10 Å². The Morgan fingerprint density at radius 1 is 1.28 bits per heavy atom. The molecule has 2 heterocycles. The van der Waals surface area contributed by atoms with Gasteiger partial charge in [0.05, 0.1) is 5.69 Å². The minimum Gasteiger partial charge on any atom is -0.367 e. The summed E-state index contributed by atoms with van der Waals surface area (Å²) >= 11 is 0. The Hall–Kier alpha value is -2.14. The van der Waals surface area contributed by atoms with Crippen LogP contribution in [0.1, 0.15) is 60.2 Å². The second kappa shape index (κ2) is 7.00. The molecule has 1 unspecified atom stereocenters. The molecule has 1 aromatic carbocycles. The van der Waals surface area contributed by atoms with Crippen LogP contribution in [0.4, 0.5) is 0 Å². The largest absolute Gasteiger partial charge is 0.367 e. The van der Waals surface area contributed by atoms with Crippen molar-refractivity contribution in [1.29, 1.82) is 0 Å². The van der Waals surface area contributed by atoms with E-state index in [1.54, 1.807) is 7.11 Å². The molecule has 1 fully saturated rings. The molecule has 5 heteroatoms. The Labute approximate surface area is 148 Å². The molecule has 0 radical (unpaired) electrons. The maximum absolute atomic E-state index is 13.1. The van der Waals surface area contributed by atoms with Crippen molar-refractivity contribution in [2.24, 2.45) is 0 Å². The molecule has 1 N–H and O–H groups in total. The van der Waals surface area contributed by atoms with Crippen molar-refractivity contribution in [2.75, 3.05) is 13.7 Å². The molecule has 1 atom stereocenters. The van der Waals surface area contributed by atoms with Gasteiger partial charge in [-0.15, -0.1) is 0 Å². The van der Waals surface area contributed by atoms with Gasteiger partial charge in [-0.25, -0.2) is 0 Å². The van der Waals surface area contributed by atoms with Crippen LogP contribution in [0, 0.1) is 0 Å². The van der Waals surface area contributed by atoms with Gasteiger partial charge < -0.3 is 9.64 Å². The fraction of sp³-hybridized carbons (Fsp3) is 0.500. The van der Waals surface area contributed by atoms with E-state index in [4.69, 9.17) is 4.74 Å². The van der Waals surface area contributed by atoms with E-state index in [0.29, 0.717) is 19.0 Å². The predicted molar refractivity (Wildman–Crippen MR) is 95.1 cm³/mol. The van der Waals surface area contributed by atoms with Gasteiger partial charge >= 0.3 is 0 Å². The first-order valence-corrected chi connectivity index (χ1v) is 9.20. The molecular formula is C20H25N3O2. The molecule has 1 aliphatic heterocycles. The maximum atomic E-state index is 13.1. The van der Waals surface area contributed by atoms with Crippen LogP contribution in [-0.4, -0.2) is 34.7 Å². The van der Waals surface area contributed by atoms with E-state index < -0.39 is 6.10 Å². The summed E-state index contributed by atoms with van der Waals surface area (Å²) in [5.41, 5.74) is 4.55. The summed E-state index contributed by atoms with van der Waals surface area (Å²) in [4.78, 5) is 15.0. The van der Waals surface area contributed by atoms with Crippen LogP contribution < -0.4 is 0 Å². The van der Waals surface area contributed by atoms with Crippen LogP contribution in [-0.2, 0) is 22.5 Å². The predicted octanol–water partition coefficient (Wildman–Crippen LogP) is 3.34. The minimum atomic E-state index is -0.537. The molecule has 1 amide bonds. The van der Waals surface area contributed by atoms with Crippen LogP contribution in [0.25, 0.3) is 0 Å². The van der Waals surface area contributed by atoms with Crippen molar-refractivity contribution < 1.29 is 9.53 Å². The number of H-pyrrole nitrogens is 1. The van der Waals surface area contributed by atoms with Gasteiger partial charge in [-0.3, -0.25) is 9.89 Å². The number of ether oxygens (including phenoxy) is 1. The van der Waals surface area contributed by atoms with Crippen molar-refractivity contribution in [3.8, 4) is 0 Å². The molecule has 2 aliphatic rings. The van der Waals surface area contributed by atoms with Gasteiger partial charge in [-0.05, 0) is 18.4 Å². The first-order chi connectivity index (χ1) is 12.3. The summed E-state index contributed by atoms with van der Waals surface area (Å²) in [5.74, 6) is 0.598. The third-order valence-corrected chi connectivity index (χ3v) is 5.58. The Morgan fingerprint density at radius 2 is 2.04 bits per heavy atom. The summed E-state index contributed by atoms with van der Waals surface area (Å²) in [7, 11) is 1.60. The maximum Gasteiger partial charge on any atom is 0.256 e. The Kier molecular flexibility index (Phi) is 4.57. The zero-order valence-electron chi connectivity index (χ0n) is 14.7. The number of hydrogen-bond donors (Lipinski definition) is 1. The van der Waals surface area contributed by atoms with Gasteiger partial charge in [0.2, 0.25) is 0 Å². The lowest BCUT2D eigenvalue weighted by Crippen LogP contribution is -2.39. The van der Waals surface area contributed by atoms with E-state index in [1.165, 1.54) is 42.6 Å². The molecule has 0 bridgehead atoms. The van der Waals surface area contributed by atoms with Gasteiger partial charge in [-0.1, -0.05) is 43.2 Å². The van der Waals surface area contributed by atoms with Gasteiger partial charge in [0.25, 0.3) is 5.91 Å².